The van der Waals surface area contributed by atoms with Crippen molar-refractivity contribution in [1.82, 2.24) is 5.32 Å². The molecule has 0 bridgehead atoms. The normalized spacial score (nSPS) is 14.0. The van der Waals surface area contributed by atoms with Gasteiger partial charge in [-0.2, -0.15) is 0 Å². The van der Waals surface area contributed by atoms with E-state index in [1.54, 1.807) is 12.1 Å². The number of nitrogens with one attached hydrogen (secondary N) is 1. The molecule has 0 aromatic heterocycles. The Morgan fingerprint density at radius 1 is 1.35 bits per heavy atom. The maximum atomic E-state index is 11.3. The minimum Gasteiger partial charge on any atom is -0.480 e. The van der Waals surface area contributed by atoms with Gasteiger partial charge in [0.1, 0.15) is 5.54 Å². The molecule has 17 heavy (non-hydrogen) atoms. The molecule has 92 valence electrons. The summed E-state index contributed by atoms with van der Waals surface area (Å²) in [7, 11) is 0. The minimum absolute atomic E-state index is 0.184. The topological polar surface area (TPSA) is 92.4 Å². The van der Waals surface area contributed by atoms with Gasteiger partial charge in [-0.05, 0) is 19.4 Å². The number of hydrogen-bond donors (Lipinski definition) is 3. The molecule has 4 N–H and O–H groups in total. The maximum Gasteiger partial charge on any atom is 0.328 e. The molecular formula is C12H16N2O3. The number of hydrogen-bond acceptors (Lipinski definition) is 3. The van der Waals surface area contributed by atoms with E-state index in [0.29, 0.717) is 5.56 Å². The third-order valence-electron chi connectivity index (χ3n) is 2.67. The number of carboxylic acids is 1. The van der Waals surface area contributed by atoms with Crippen LogP contribution in [0.3, 0.4) is 0 Å². The minimum atomic E-state index is -1.32. The van der Waals surface area contributed by atoms with Gasteiger partial charge in [0.2, 0.25) is 5.91 Å². The third kappa shape index (κ3) is 3.04. The molecule has 0 aliphatic carbocycles. The summed E-state index contributed by atoms with van der Waals surface area (Å²) in [6.45, 7) is 3.23. The van der Waals surface area contributed by atoms with Crippen LogP contribution in [-0.2, 0) is 15.1 Å². The lowest BCUT2D eigenvalue weighted by Gasteiger charge is -2.26. The molecule has 0 fully saturated rings. The van der Waals surface area contributed by atoms with E-state index in [0.717, 1.165) is 5.56 Å². The molecule has 1 aromatic carbocycles. The van der Waals surface area contributed by atoms with Crippen molar-refractivity contribution in [3.8, 4) is 0 Å². The summed E-state index contributed by atoms with van der Waals surface area (Å²) < 4.78 is 0. The van der Waals surface area contributed by atoms with Crippen LogP contribution in [0.25, 0.3) is 0 Å². The zero-order valence-corrected chi connectivity index (χ0v) is 9.86. The summed E-state index contributed by atoms with van der Waals surface area (Å²) in [4.78, 5) is 22.0. The largest absolute Gasteiger partial charge is 0.480 e. The van der Waals surface area contributed by atoms with E-state index in [1.807, 2.05) is 19.1 Å². The van der Waals surface area contributed by atoms with Crippen molar-refractivity contribution in [2.24, 2.45) is 5.73 Å². The van der Waals surface area contributed by atoms with Crippen LogP contribution in [0, 0.1) is 6.92 Å². The Bertz CT molecular complexity index is 428. The Labute approximate surface area is 99.6 Å². The Morgan fingerprint density at radius 3 is 2.29 bits per heavy atom. The van der Waals surface area contributed by atoms with E-state index in [4.69, 9.17) is 5.73 Å². The number of carbonyl (C=O) groups excluding carboxylic acids is 1. The molecular weight excluding hydrogens is 220 g/mol. The molecule has 1 unspecified atom stereocenters. The molecule has 1 amide bonds. The highest BCUT2D eigenvalue weighted by Crippen LogP contribution is 2.21. The van der Waals surface area contributed by atoms with Gasteiger partial charge in [-0.15, -0.1) is 0 Å². The summed E-state index contributed by atoms with van der Waals surface area (Å²) in [6.07, 6.45) is 0. The van der Waals surface area contributed by atoms with Crippen LogP contribution < -0.4 is 11.1 Å². The number of carbonyl (C=O) groups is 2. The first-order valence-corrected chi connectivity index (χ1v) is 5.20. The number of rotatable bonds is 5. The molecule has 1 rings (SSSR count). The van der Waals surface area contributed by atoms with E-state index in [9.17, 15) is 14.7 Å². The smallest absolute Gasteiger partial charge is 0.328 e. The lowest BCUT2D eigenvalue weighted by Crippen LogP contribution is -2.49. The van der Waals surface area contributed by atoms with Gasteiger partial charge in [0.15, 0.2) is 0 Å². The van der Waals surface area contributed by atoms with Crippen molar-refractivity contribution < 1.29 is 14.7 Å². The van der Waals surface area contributed by atoms with E-state index in [2.05, 4.69) is 5.32 Å². The number of aliphatic carboxylic acids is 1. The van der Waals surface area contributed by atoms with Crippen LogP contribution in [0.2, 0.25) is 0 Å². The van der Waals surface area contributed by atoms with Crippen molar-refractivity contribution >= 4 is 11.9 Å². The number of benzene rings is 1. The number of carboxylic acid groups (broad SMARTS) is 1. The van der Waals surface area contributed by atoms with Crippen LogP contribution in [0.1, 0.15) is 18.1 Å². The van der Waals surface area contributed by atoms with Crippen LogP contribution in [-0.4, -0.2) is 23.5 Å². The van der Waals surface area contributed by atoms with E-state index in [1.165, 1.54) is 6.92 Å². The van der Waals surface area contributed by atoms with Gasteiger partial charge < -0.3 is 10.8 Å². The standard InChI is InChI=1S/C12H16N2O3/c1-8-3-5-9(6-4-8)12(2,11(16)17)14-7-10(13)15/h3-6,14H,7H2,1-2H3,(H2,13,15)(H,16,17). The third-order valence-corrected chi connectivity index (χ3v) is 2.67. The first-order valence-electron chi connectivity index (χ1n) is 5.20. The second-order valence-corrected chi connectivity index (χ2v) is 4.12. The van der Waals surface area contributed by atoms with E-state index in [-0.39, 0.29) is 6.54 Å². The predicted molar refractivity (Wildman–Crippen MR) is 63.4 cm³/mol. The van der Waals surface area contributed by atoms with Gasteiger partial charge in [-0.3, -0.25) is 10.1 Å². The highest BCUT2D eigenvalue weighted by molar-refractivity contribution is 5.82. The average molecular weight is 236 g/mol. The SMILES string of the molecule is Cc1ccc(C(C)(NCC(N)=O)C(=O)O)cc1. The molecule has 0 radical (unpaired) electrons. The Kier molecular flexibility index (Phi) is 3.85. The highest BCUT2D eigenvalue weighted by atomic mass is 16.4. The van der Waals surface area contributed by atoms with Crippen molar-refractivity contribution in [2.45, 2.75) is 19.4 Å². The molecule has 0 aliphatic rings. The van der Waals surface area contributed by atoms with E-state index >= 15 is 0 Å². The summed E-state index contributed by atoms with van der Waals surface area (Å²) in [5.41, 5.74) is 5.31. The number of nitrogens with two attached hydrogens (primary N) is 1. The Balaban J connectivity index is 3.02. The van der Waals surface area contributed by atoms with Crippen LogP contribution >= 0.6 is 0 Å². The monoisotopic (exact) mass is 236 g/mol. The average Bonchev–Trinajstić information content (AvgIpc) is 2.26. The quantitative estimate of drug-likeness (QED) is 0.688. The summed E-state index contributed by atoms with van der Waals surface area (Å²) in [6, 6.07) is 7.08. The molecule has 5 heteroatoms. The van der Waals surface area contributed by atoms with Crippen molar-refractivity contribution in [3.05, 3.63) is 35.4 Å². The van der Waals surface area contributed by atoms with E-state index < -0.39 is 17.4 Å². The van der Waals surface area contributed by atoms with Gasteiger partial charge in [-0.25, -0.2) is 4.79 Å². The summed E-state index contributed by atoms with van der Waals surface area (Å²) in [5.74, 6) is -1.65. The Hall–Kier alpha value is -1.88. The maximum absolute atomic E-state index is 11.3. The van der Waals surface area contributed by atoms with Gasteiger partial charge in [0.25, 0.3) is 0 Å². The second kappa shape index (κ2) is 4.97. The van der Waals surface area contributed by atoms with Gasteiger partial charge in [0.05, 0.1) is 6.54 Å². The van der Waals surface area contributed by atoms with Gasteiger partial charge in [-0.1, -0.05) is 29.8 Å². The van der Waals surface area contributed by atoms with Crippen molar-refractivity contribution in [2.75, 3.05) is 6.54 Å². The van der Waals surface area contributed by atoms with Crippen molar-refractivity contribution in [3.63, 3.8) is 0 Å². The zero-order valence-electron chi connectivity index (χ0n) is 9.86. The number of amides is 1. The molecule has 0 heterocycles. The Morgan fingerprint density at radius 2 is 1.88 bits per heavy atom. The predicted octanol–water partition coefficient (Wildman–Crippen LogP) is 0.370. The first-order chi connectivity index (χ1) is 7.86. The molecule has 5 nitrogen and oxygen atoms in total. The lowest BCUT2D eigenvalue weighted by atomic mass is 9.91. The van der Waals surface area contributed by atoms with Gasteiger partial charge >= 0.3 is 5.97 Å². The number of aryl methyl sites for hydroxylation is 1. The second-order valence-electron chi connectivity index (χ2n) is 4.12. The van der Waals surface area contributed by atoms with Crippen LogP contribution in [0.15, 0.2) is 24.3 Å². The zero-order chi connectivity index (χ0) is 13.1. The van der Waals surface area contributed by atoms with Crippen LogP contribution in [0.4, 0.5) is 0 Å². The fourth-order valence-corrected chi connectivity index (χ4v) is 1.45. The summed E-state index contributed by atoms with van der Waals surface area (Å²) in [5, 5.41) is 11.9. The fourth-order valence-electron chi connectivity index (χ4n) is 1.45. The summed E-state index contributed by atoms with van der Waals surface area (Å²) >= 11 is 0. The van der Waals surface area contributed by atoms with Crippen molar-refractivity contribution in [1.29, 1.82) is 0 Å². The number of primary amides is 1. The molecule has 1 aromatic rings. The van der Waals surface area contributed by atoms with Gasteiger partial charge in [0, 0.05) is 0 Å². The molecule has 0 aliphatic heterocycles. The first kappa shape index (κ1) is 13.2. The highest BCUT2D eigenvalue weighted by Gasteiger charge is 2.34. The molecule has 0 saturated heterocycles. The fraction of sp³-hybridized carbons (Fsp3) is 0.333. The molecule has 0 saturated carbocycles. The molecule has 1 atom stereocenters. The molecule has 0 spiro atoms. The lowest BCUT2D eigenvalue weighted by molar-refractivity contribution is -0.144. The van der Waals surface area contributed by atoms with Crippen LogP contribution in [0.5, 0.6) is 0 Å².